The molecule has 8 amide bonds. The summed E-state index contributed by atoms with van der Waals surface area (Å²) in [5.74, 6) is -14.5. The number of phenolic OH excluding ortho intramolecular Hbond substituents is 3. The molecule has 9 bridgehead atoms. The number of hydrogen-bond acceptors (Lipinski definition) is 28. The Kier molecular flexibility index (Phi) is 27.9. The number of phenols is 3. The number of benzene rings is 6. The van der Waals surface area contributed by atoms with Crippen molar-refractivity contribution in [1.82, 2.24) is 42.5 Å². The molecule has 3 saturated heterocycles. The summed E-state index contributed by atoms with van der Waals surface area (Å²) in [6.07, 6.45) is -19.7. The first-order valence-corrected chi connectivity index (χ1v) is 40.2. The topological polar surface area (TPSA) is 567 Å². The molecule has 0 radical (unpaired) electrons. The minimum atomic E-state index is -2.39. The number of unbranched alkanes of at least 4 members (excludes halogenated alkanes) is 1. The van der Waals surface area contributed by atoms with Crippen LogP contribution in [-0.4, -0.2) is 210 Å². The molecule has 0 spiro atoms. The maximum Gasteiger partial charge on any atom is 0.248 e. The van der Waals surface area contributed by atoms with Crippen LogP contribution in [0.4, 0.5) is 0 Å². The van der Waals surface area contributed by atoms with E-state index in [0.29, 0.717) is 5.56 Å². The number of fused-ring (bicyclic) bond motifs is 14. The summed E-state index contributed by atoms with van der Waals surface area (Å²) in [5, 5.41) is 127. The number of primary amides is 1. The first-order chi connectivity index (χ1) is 57.3. The van der Waals surface area contributed by atoms with Crippen LogP contribution in [0.1, 0.15) is 156 Å². The van der Waals surface area contributed by atoms with Crippen molar-refractivity contribution < 1.29 is 122 Å². The average Bonchev–Trinajstić information content (AvgIpc) is 1.75. The molecule has 121 heavy (non-hydrogen) atoms. The molecule has 6 aromatic rings. The van der Waals surface area contributed by atoms with Crippen LogP contribution in [0.3, 0.4) is 0 Å². The minimum Gasteiger partial charge on any atom is -0.508 e. The number of hydrogen-bond donors (Lipinski definition) is 20. The number of aliphatic hydroxyl groups excluding tert-OH is 6. The lowest BCUT2D eigenvalue weighted by molar-refractivity contribution is -0.333. The van der Waals surface area contributed by atoms with Crippen molar-refractivity contribution in [2.45, 2.75) is 233 Å². The Morgan fingerprint density at radius 3 is 1.90 bits per heavy atom. The number of carbonyl (C=O) groups is 8. The lowest BCUT2D eigenvalue weighted by Gasteiger charge is -2.47. The van der Waals surface area contributed by atoms with Gasteiger partial charge < -0.3 is 144 Å². The number of ether oxygens (including phenoxy) is 8. The predicted octanol–water partition coefficient (Wildman–Crippen LogP) is 2.26. The van der Waals surface area contributed by atoms with Crippen molar-refractivity contribution in [1.29, 1.82) is 0 Å². The molecule has 23 N–H and O–H groups in total. The van der Waals surface area contributed by atoms with E-state index in [-0.39, 0.29) is 59.4 Å². The first-order valence-electron chi connectivity index (χ1n) is 39.8. The summed E-state index contributed by atoms with van der Waals surface area (Å²) in [6, 6.07) is 9.84. The molecule has 36 nitrogen and oxygen atoms in total. The molecule has 22 atom stereocenters. The molecule has 8 heterocycles. The molecule has 3 fully saturated rings. The molecule has 652 valence electrons. The molecule has 0 aliphatic carbocycles. The highest BCUT2D eigenvalue weighted by molar-refractivity contribution is 6.32. The molecule has 14 rings (SSSR count). The third-order valence-corrected chi connectivity index (χ3v) is 22.7. The molecule has 10 unspecified atom stereocenters. The summed E-state index contributed by atoms with van der Waals surface area (Å²) < 4.78 is 52.4. The lowest BCUT2D eigenvalue weighted by Crippen LogP contribution is -2.64. The van der Waals surface area contributed by atoms with Crippen molar-refractivity contribution in [3.05, 3.63) is 153 Å². The fourth-order valence-electron chi connectivity index (χ4n) is 15.8. The number of amides is 8. The van der Waals surface area contributed by atoms with E-state index in [4.69, 9.17) is 66.7 Å². The Bertz CT molecular complexity index is 4830. The number of nitrogens with two attached hydrogens (primary N) is 3. The van der Waals surface area contributed by atoms with Crippen LogP contribution in [0, 0.1) is 5.92 Å². The van der Waals surface area contributed by atoms with Crippen molar-refractivity contribution in [2.75, 3.05) is 13.7 Å². The molecule has 0 aromatic heterocycles. The van der Waals surface area contributed by atoms with Crippen molar-refractivity contribution in [2.24, 2.45) is 23.1 Å². The van der Waals surface area contributed by atoms with Gasteiger partial charge in [-0.25, -0.2) is 0 Å². The van der Waals surface area contributed by atoms with Gasteiger partial charge in [-0.2, -0.15) is 0 Å². The number of nitrogens with one attached hydrogen (secondary N) is 8. The summed E-state index contributed by atoms with van der Waals surface area (Å²) in [4.78, 5) is 124. The van der Waals surface area contributed by atoms with Crippen LogP contribution < -0.4 is 73.9 Å². The minimum absolute atomic E-state index is 0.0000818. The maximum atomic E-state index is 16.7. The molecule has 8 aliphatic heterocycles. The zero-order chi connectivity index (χ0) is 87.5. The molecule has 0 saturated carbocycles. The van der Waals surface area contributed by atoms with Crippen molar-refractivity contribution in [3.63, 3.8) is 0 Å². The third-order valence-electron chi connectivity index (χ3n) is 22.4. The van der Waals surface area contributed by atoms with Gasteiger partial charge in [-0.15, -0.1) is 0 Å². The van der Waals surface area contributed by atoms with Crippen LogP contribution in [0.5, 0.6) is 46.0 Å². The van der Waals surface area contributed by atoms with Crippen LogP contribution in [0.25, 0.3) is 11.1 Å². The number of halogens is 1. The Hall–Kier alpha value is -10.4. The Morgan fingerprint density at radius 1 is 0.661 bits per heavy atom. The van der Waals surface area contributed by atoms with Crippen LogP contribution in [0.2, 0.25) is 5.02 Å². The van der Waals surface area contributed by atoms with E-state index in [1.807, 2.05) is 26.0 Å². The summed E-state index contributed by atoms with van der Waals surface area (Å²) in [7, 11) is 1.48. The predicted molar refractivity (Wildman–Crippen MR) is 430 cm³/mol. The Balaban J connectivity index is 1.11. The highest BCUT2D eigenvalue weighted by Crippen LogP contribution is 2.51. The second-order valence-corrected chi connectivity index (χ2v) is 32.8. The number of aromatic hydroxyl groups is 3. The molecular formula is C84H104ClN11O25. The highest BCUT2D eigenvalue weighted by atomic mass is 35.5. The molecule has 37 heteroatoms. The van der Waals surface area contributed by atoms with Gasteiger partial charge in [0.2, 0.25) is 59.3 Å². The second kappa shape index (κ2) is 37.5. The number of likely N-dealkylation sites (N-methyl/N-ethyl adjacent to an activating group) is 1. The summed E-state index contributed by atoms with van der Waals surface area (Å²) in [5.41, 5.74) is 15.5. The SMILES string of the molecule is CCCCc1ccc(CNC(=O)C2NC(=O)C3NC(=O)C(NC(=O)C4NC(=O)C(CC(N)=O)NC(=O)C(NC(=O)C(CC(C)C)NC)C(O)c5ccc(c(Cl)c5)Oc5cc4cc(c5O[C@@H]4O[C@H](CO)[C@@H](O)[C@H](O)[C@H]4O[C@H]4C[C@](C)(N)[C@H](O)[C@H](C)O4)Oc4ccc(cc4)C3O[C@@H]3CC(C)(N)[C@H](O)[C@@H](C)O3)c3cccc(O)c3-c3c(O)cc(O)cc32)cc1. The van der Waals surface area contributed by atoms with Gasteiger partial charge in [-0.3, -0.25) is 38.4 Å². The fraction of sp³-hybridized carbons (Fsp3) is 0.476. The quantitative estimate of drug-likeness (QED) is 0.0521. The van der Waals surface area contributed by atoms with Gasteiger partial charge in [0.25, 0.3) is 0 Å². The zero-order valence-corrected chi connectivity index (χ0v) is 68.3. The summed E-state index contributed by atoms with van der Waals surface area (Å²) >= 11 is 7.20. The number of rotatable bonds is 20. The summed E-state index contributed by atoms with van der Waals surface area (Å²) in [6.45, 7) is 10.6. The van der Waals surface area contributed by atoms with Crippen LogP contribution >= 0.6 is 11.6 Å². The molecular weight excluding hydrogens is 1600 g/mol. The van der Waals surface area contributed by atoms with Gasteiger partial charge in [-0.1, -0.05) is 93.4 Å². The normalized spacial score (nSPS) is 30.3. The largest absolute Gasteiger partial charge is 0.508 e. The second-order valence-electron chi connectivity index (χ2n) is 32.4. The Morgan fingerprint density at radius 2 is 1.28 bits per heavy atom. The van der Waals surface area contributed by atoms with E-state index in [2.05, 4.69) is 49.5 Å². The molecule has 6 aromatic carbocycles. The Labute approximate surface area is 700 Å². The van der Waals surface area contributed by atoms with E-state index >= 15 is 28.8 Å². The van der Waals surface area contributed by atoms with Gasteiger partial charge in [0.05, 0.1) is 48.5 Å². The van der Waals surface area contributed by atoms with Gasteiger partial charge in [0.1, 0.15) is 95.5 Å². The van der Waals surface area contributed by atoms with E-state index in [1.54, 1.807) is 12.1 Å². The average molecular weight is 1700 g/mol. The monoisotopic (exact) mass is 1700 g/mol. The van der Waals surface area contributed by atoms with Gasteiger partial charge in [0.15, 0.2) is 30.2 Å². The fourth-order valence-corrected chi connectivity index (χ4v) is 16.0. The van der Waals surface area contributed by atoms with Crippen molar-refractivity contribution >= 4 is 58.9 Å². The molecule has 8 aliphatic rings. The van der Waals surface area contributed by atoms with E-state index in [0.717, 1.165) is 61.2 Å². The van der Waals surface area contributed by atoms with E-state index in [9.17, 15) is 55.5 Å². The highest BCUT2D eigenvalue weighted by Gasteiger charge is 2.53. The van der Waals surface area contributed by atoms with E-state index < -0.39 is 256 Å². The van der Waals surface area contributed by atoms with E-state index in [1.165, 1.54) is 83.3 Å². The van der Waals surface area contributed by atoms with Crippen LogP contribution in [-0.2, 0) is 75.0 Å². The first kappa shape index (κ1) is 89.9. The number of carbonyl (C=O) groups excluding carboxylic acids is 8. The van der Waals surface area contributed by atoms with Gasteiger partial charge >= 0.3 is 0 Å². The smallest absolute Gasteiger partial charge is 0.248 e. The lowest BCUT2D eigenvalue weighted by atomic mass is 9.86. The van der Waals surface area contributed by atoms with Crippen molar-refractivity contribution in [3.8, 4) is 57.1 Å². The number of aliphatic hydroxyl groups is 6. The van der Waals surface area contributed by atoms with Gasteiger partial charge in [0, 0.05) is 47.7 Å². The van der Waals surface area contributed by atoms with Crippen LogP contribution in [0.15, 0.2) is 109 Å². The maximum absolute atomic E-state index is 16.7. The van der Waals surface area contributed by atoms with Gasteiger partial charge in [-0.05, 0) is 147 Å². The zero-order valence-electron chi connectivity index (χ0n) is 67.5. The standard InChI is InChI=1S/C84H104ClN11O25/c1-9-10-12-39-15-17-40(18-16-39)34-90-77(109)64-47-29-44(98)30-52(100)61(47)60-46(13-11-14-51(60)99)63-79(111)96-66(81(113)94-64)70(119-58-32-83(6,87)73(105)37(4)114-58)41-19-22-45(23-20-41)116-54-27-43-28-55(71(54)121-82-72(69(104)68(103)56(35-97)118-82)120-59-33-84(7,88)74(106)38(5)115-59)117-53-24-21-42(26-48(53)85)67(102)65(95-75(107)49(89-8)25-36(2)3)80(112)91-50(31-57(86)101)76(108)92-62(43)78(110)93-63/h11,13-24,26-30,36-38,49-50,56,58-59,62-70,72-74,82,89,97-100,102-106H,9-10,12,25,31-35,87-88H2,1-8H3,(H2,86,101)(H,90,109)(H,91,112)(H,92,108)(H,93,110)(H,94,113)(H,95,107)(H,96,111)/t37-,38+,49?,50?,56-,58-,59+,62?,63?,64?,65?,66?,67?,68-,69+,70?,72-,73-,74-,82+,83?,84+/m1/s1. The third kappa shape index (κ3) is 20.0. The number of aryl methyl sites for hydroxylation is 1.